The zero-order valence-corrected chi connectivity index (χ0v) is 12.3. The SMILES string of the molecule is COCCCCCNCc1ccc2c(c1)OCCCO2. The highest BCUT2D eigenvalue weighted by molar-refractivity contribution is 5.43. The van der Waals surface area contributed by atoms with Crippen molar-refractivity contribution in [2.24, 2.45) is 0 Å². The Labute approximate surface area is 121 Å². The number of unbranched alkanes of at least 4 members (excludes halogenated alkanes) is 2. The fraction of sp³-hybridized carbons (Fsp3) is 0.625. The molecule has 1 aliphatic rings. The van der Waals surface area contributed by atoms with Gasteiger partial charge in [-0.3, -0.25) is 0 Å². The summed E-state index contributed by atoms with van der Waals surface area (Å²) < 4.78 is 16.4. The van der Waals surface area contributed by atoms with Crippen LogP contribution in [-0.4, -0.2) is 33.5 Å². The Morgan fingerprint density at radius 2 is 1.95 bits per heavy atom. The van der Waals surface area contributed by atoms with E-state index >= 15 is 0 Å². The summed E-state index contributed by atoms with van der Waals surface area (Å²) in [6, 6.07) is 6.19. The molecule has 0 unspecified atom stereocenters. The monoisotopic (exact) mass is 279 g/mol. The minimum absolute atomic E-state index is 0.739. The third kappa shape index (κ3) is 5.02. The molecular weight excluding hydrogens is 254 g/mol. The van der Waals surface area contributed by atoms with Crippen molar-refractivity contribution in [3.05, 3.63) is 23.8 Å². The molecule has 0 saturated heterocycles. The van der Waals surface area contributed by atoms with Crippen LogP contribution >= 0.6 is 0 Å². The average Bonchev–Trinajstić information content (AvgIpc) is 2.71. The van der Waals surface area contributed by atoms with Crippen molar-refractivity contribution in [1.29, 1.82) is 0 Å². The van der Waals surface area contributed by atoms with Crippen LogP contribution < -0.4 is 14.8 Å². The van der Waals surface area contributed by atoms with E-state index in [1.165, 1.54) is 18.4 Å². The van der Waals surface area contributed by atoms with E-state index in [2.05, 4.69) is 17.4 Å². The van der Waals surface area contributed by atoms with Crippen LogP contribution in [0.3, 0.4) is 0 Å². The van der Waals surface area contributed by atoms with Gasteiger partial charge in [-0.25, -0.2) is 0 Å². The lowest BCUT2D eigenvalue weighted by Gasteiger charge is -2.10. The van der Waals surface area contributed by atoms with E-state index < -0.39 is 0 Å². The maximum atomic E-state index is 5.69. The summed E-state index contributed by atoms with van der Waals surface area (Å²) in [7, 11) is 1.75. The molecule has 0 saturated carbocycles. The smallest absolute Gasteiger partial charge is 0.161 e. The molecule has 0 aromatic heterocycles. The van der Waals surface area contributed by atoms with E-state index in [4.69, 9.17) is 14.2 Å². The van der Waals surface area contributed by atoms with Gasteiger partial charge in [0.2, 0.25) is 0 Å². The number of rotatable bonds is 8. The second-order valence-corrected chi connectivity index (χ2v) is 5.06. The molecule has 0 amide bonds. The first kappa shape index (κ1) is 15.1. The van der Waals surface area contributed by atoms with Crippen LogP contribution in [0.1, 0.15) is 31.2 Å². The highest BCUT2D eigenvalue weighted by Gasteiger charge is 2.10. The maximum absolute atomic E-state index is 5.69. The minimum Gasteiger partial charge on any atom is -0.490 e. The van der Waals surface area contributed by atoms with Crippen LogP contribution in [0.25, 0.3) is 0 Å². The van der Waals surface area contributed by atoms with Crippen LogP contribution in [0.5, 0.6) is 11.5 Å². The predicted octanol–water partition coefficient (Wildman–Crippen LogP) is 2.75. The molecule has 112 valence electrons. The number of ether oxygens (including phenoxy) is 3. The number of nitrogens with one attached hydrogen (secondary N) is 1. The fourth-order valence-electron chi connectivity index (χ4n) is 2.22. The van der Waals surface area contributed by atoms with Gasteiger partial charge in [0, 0.05) is 26.7 Å². The Kier molecular flexibility index (Phi) is 6.68. The number of hydrogen-bond acceptors (Lipinski definition) is 4. The summed E-state index contributed by atoms with van der Waals surface area (Å²) in [6.07, 6.45) is 4.49. The Balaban J connectivity index is 1.69. The van der Waals surface area contributed by atoms with Gasteiger partial charge in [0.1, 0.15) is 0 Å². The molecule has 0 radical (unpaired) electrons. The number of fused-ring (bicyclic) bond motifs is 1. The van der Waals surface area contributed by atoms with Crippen molar-refractivity contribution in [2.75, 3.05) is 33.5 Å². The van der Waals surface area contributed by atoms with Crippen LogP contribution in [0, 0.1) is 0 Å². The van der Waals surface area contributed by atoms with Gasteiger partial charge in [-0.15, -0.1) is 0 Å². The lowest BCUT2D eigenvalue weighted by molar-refractivity contribution is 0.192. The molecule has 0 aliphatic carbocycles. The van der Waals surface area contributed by atoms with Gasteiger partial charge < -0.3 is 19.5 Å². The summed E-state index contributed by atoms with van der Waals surface area (Å²) in [6.45, 7) is 4.26. The molecule has 20 heavy (non-hydrogen) atoms. The van der Waals surface area contributed by atoms with Crippen LogP contribution in [0.4, 0.5) is 0 Å². The third-order valence-electron chi connectivity index (χ3n) is 3.34. The van der Waals surface area contributed by atoms with Crippen molar-refractivity contribution in [3.8, 4) is 11.5 Å². The molecule has 0 fully saturated rings. The molecule has 1 aromatic rings. The quantitative estimate of drug-likeness (QED) is 0.743. The van der Waals surface area contributed by atoms with Gasteiger partial charge >= 0.3 is 0 Å². The van der Waals surface area contributed by atoms with Gasteiger partial charge in [-0.1, -0.05) is 6.07 Å². The summed E-state index contributed by atoms with van der Waals surface area (Å²) in [5.74, 6) is 1.74. The number of benzene rings is 1. The predicted molar refractivity (Wildman–Crippen MR) is 79.5 cm³/mol. The van der Waals surface area contributed by atoms with Gasteiger partial charge in [-0.2, -0.15) is 0 Å². The Bertz CT molecular complexity index is 395. The zero-order valence-electron chi connectivity index (χ0n) is 12.3. The normalized spacial score (nSPS) is 14.1. The number of methoxy groups -OCH3 is 1. The summed E-state index contributed by atoms with van der Waals surface area (Å²) in [5.41, 5.74) is 1.24. The fourth-order valence-corrected chi connectivity index (χ4v) is 2.22. The molecule has 0 spiro atoms. The Hall–Kier alpha value is -1.26. The molecule has 4 nitrogen and oxygen atoms in total. The molecule has 2 rings (SSSR count). The first-order valence-corrected chi connectivity index (χ1v) is 7.48. The highest BCUT2D eigenvalue weighted by atomic mass is 16.5. The zero-order chi connectivity index (χ0) is 14.0. The average molecular weight is 279 g/mol. The van der Waals surface area contributed by atoms with Crippen molar-refractivity contribution >= 4 is 0 Å². The molecule has 1 heterocycles. The first-order chi connectivity index (χ1) is 9.90. The Morgan fingerprint density at radius 1 is 1.10 bits per heavy atom. The molecule has 0 atom stereocenters. The van der Waals surface area contributed by atoms with Crippen LogP contribution in [-0.2, 0) is 11.3 Å². The molecule has 0 bridgehead atoms. The van der Waals surface area contributed by atoms with Crippen LogP contribution in [0.2, 0.25) is 0 Å². The molecule has 1 N–H and O–H groups in total. The van der Waals surface area contributed by atoms with Crippen molar-refractivity contribution in [1.82, 2.24) is 5.32 Å². The second-order valence-electron chi connectivity index (χ2n) is 5.06. The van der Waals surface area contributed by atoms with Crippen molar-refractivity contribution < 1.29 is 14.2 Å². The molecule has 4 heteroatoms. The molecule has 1 aliphatic heterocycles. The maximum Gasteiger partial charge on any atom is 0.161 e. The Morgan fingerprint density at radius 3 is 2.80 bits per heavy atom. The second kappa shape index (κ2) is 8.82. The van der Waals surface area contributed by atoms with Gasteiger partial charge in [0.25, 0.3) is 0 Å². The van der Waals surface area contributed by atoms with E-state index in [9.17, 15) is 0 Å². The third-order valence-corrected chi connectivity index (χ3v) is 3.34. The highest BCUT2D eigenvalue weighted by Crippen LogP contribution is 2.30. The lowest BCUT2D eigenvalue weighted by atomic mass is 10.2. The molecular formula is C16H25NO3. The number of hydrogen-bond donors (Lipinski definition) is 1. The van der Waals surface area contributed by atoms with Crippen molar-refractivity contribution in [3.63, 3.8) is 0 Å². The molecule has 1 aromatic carbocycles. The minimum atomic E-state index is 0.739. The topological polar surface area (TPSA) is 39.7 Å². The van der Waals surface area contributed by atoms with Crippen LogP contribution in [0.15, 0.2) is 18.2 Å². The van der Waals surface area contributed by atoms with E-state index in [1.54, 1.807) is 7.11 Å². The van der Waals surface area contributed by atoms with E-state index in [0.29, 0.717) is 0 Å². The first-order valence-electron chi connectivity index (χ1n) is 7.48. The lowest BCUT2D eigenvalue weighted by Crippen LogP contribution is -2.14. The summed E-state index contributed by atoms with van der Waals surface area (Å²) in [5, 5.41) is 3.46. The summed E-state index contributed by atoms with van der Waals surface area (Å²) >= 11 is 0. The van der Waals surface area contributed by atoms with Gasteiger partial charge in [-0.05, 0) is 43.5 Å². The van der Waals surface area contributed by atoms with Gasteiger partial charge in [0.15, 0.2) is 11.5 Å². The van der Waals surface area contributed by atoms with E-state index in [1.807, 2.05) is 6.07 Å². The van der Waals surface area contributed by atoms with Gasteiger partial charge in [0.05, 0.1) is 13.2 Å². The van der Waals surface area contributed by atoms with E-state index in [0.717, 1.165) is 57.3 Å². The summed E-state index contributed by atoms with van der Waals surface area (Å²) in [4.78, 5) is 0. The van der Waals surface area contributed by atoms with Crippen molar-refractivity contribution in [2.45, 2.75) is 32.2 Å². The van der Waals surface area contributed by atoms with E-state index in [-0.39, 0.29) is 0 Å². The largest absolute Gasteiger partial charge is 0.490 e. The standard InChI is InChI=1S/C16H25NO3/c1-18-9-4-2-3-8-17-13-14-6-7-15-16(12-14)20-11-5-10-19-15/h6-7,12,17H,2-5,8-11,13H2,1H3.